The molecule has 0 heterocycles. The average Bonchev–Trinajstić information content (AvgIpc) is 3.29. The maximum absolute atomic E-state index is 2.61. The predicted molar refractivity (Wildman–Crippen MR) is 154 cm³/mol. The SMILES string of the molecule is CCC1=[C]([Ti]([CH]2c3cc(C(C)(C)C)ccc3-c3ccc(C(C)(C)C)cc32)=[Si](C)C)CC=C1.Cl.Cl. The third-order valence-electron chi connectivity index (χ3n) is 7.31. The molecular weight excluding hydrogens is 507 g/mol. The first-order chi connectivity index (χ1) is 14.9. The Morgan fingerprint density at radius 2 is 1.29 bits per heavy atom. The molecule has 34 heavy (non-hydrogen) atoms. The van der Waals surface area contributed by atoms with Crippen LogP contribution in [0.3, 0.4) is 0 Å². The molecule has 0 aliphatic heterocycles. The van der Waals surface area contributed by atoms with Gasteiger partial charge in [0.25, 0.3) is 0 Å². The fraction of sp³-hybridized carbons (Fsp3) is 0.467. The van der Waals surface area contributed by atoms with Crippen molar-refractivity contribution in [1.82, 2.24) is 0 Å². The second-order valence-electron chi connectivity index (χ2n) is 11.9. The van der Waals surface area contributed by atoms with Crippen LogP contribution in [-0.4, -0.2) is 6.19 Å². The summed E-state index contributed by atoms with van der Waals surface area (Å²) in [6.07, 6.45) is 6.90. The Balaban J connectivity index is 0.00000204. The molecule has 0 N–H and O–H groups in total. The number of hydrogen-bond acceptors (Lipinski definition) is 0. The Kier molecular flexibility index (Phi) is 9.43. The van der Waals surface area contributed by atoms with E-state index in [1.807, 2.05) is 3.88 Å². The minimum atomic E-state index is -1.56. The molecule has 0 saturated heterocycles. The number of rotatable bonds is 3. The first kappa shape index (κ1) is 29.7. The van der Waals surface area contributed by atoms with E-state index in [1.54, 1.807) is 16.7 Å². The van der Waals surface area contributed by atoms with Gasteiger partial charge in [0.05, 0.1) is 0 Å². The van der Waals surface area contributed by atoms with Crippen molar-refractivity contribution in [2.24, 2.45) is 0 Å². The molecule has 2 aromatic rings. The van der Waals surface area contributed by atoms with Crippen LogP contribution in [-0.2, 0) is 27.4 Å². The maximum Gasteiger partial charge on any atom is -0.147 e. The Hall–Kier alpha value is -0.569. The van der Waals surface area contributed by atoms with E-state index in [4.69, 9.17) is 0 Å². The largest absolute Gasteiger partial charge is 0.147 e. The van der Waals surface area contributed by atoms with E-state index >= 15 is 0 Å². The van der Waals surface area contributed by atoms with Gasteiger partial charge in [-0.1, -0.05) is 0 Å². The zero-order valence-corrected chi connectivity index (χ0v) is 26.6. The van der Waals surface area contributed by atoms with Crippen LogP contribution in [0.1, 0.15) is 87.8 Å². The average molecular weight is 550 g/mol. The van der Waals surface area contributed by atoms with Crippen molar-refractivity contribution in [3.8, 4) is 11.1 Å². The quantitative estimate of drug-likeness (QED) is 0.335. The van der Waals surface area contributed by atoms with Crippen LogP contribution in [0.5, 0.6) is 0 Å². The molecule has 0 spiro atoms. The van der Waals surface area contributed by atoms with Crippen LogP contribution in [0.25, 0.3) is 11.1 Å². The Morgan fingerprint density at radius 1 is 0.824 bits per heavy atom. The molecule has 0 nitrogen and oxygen atoms in total. The van der Waals surface area contributed by atoms with Crippen molar-refractivity contribution in [2.75, 3.05) is 0 Å². The van der Waals surface area contributed by atoms with Crippen molar-refractivity contribution >= 4 is 31.0 Å². The second-order valence-corrected chi connectivity index (χ2v) is 24.0. The monoisotopic (exact) mass is 548 g/mol. The molecule has 0 aromatic heterocycles. The van der Waals surface area contributed by atoms with Gasteiger partial charge < -0.3 is 0 Å². The van der Waals surface area contributed by atoms with Crippen molar-refractivity contribution in [3.05, 3.63) is 80.3 Å². The molecule has 4 heteroatoms. The number of benzene rings is 2. The van der Waals surface area contributed by atoms with Gasteiger partial charge in [-0.2, -0.15) is 0 Å². The van der Waals surface area contributed by atoms with Gasteiger partial charge in [-0.25, -0.2) is 0 Å². The standard InChI is InChI=1S/C21H25.C7H9.C2H6Si.2ClH.Ti/c1-20(2,3)16-7-9-18-14(12-16)11-15-13-17(21(4,5)6)8-10-19(15)18;1-2-7-5-3-4-6-7;1-3-2;;;/h7-13H,1-6H3;3,5H,2,4H2,1H3;1-2H3;2*1H;. The Labute approximate surface area is 227 Å². The first-order valence-electron chi connectivity index (χ1n) is 12.3. The van der Waals surface area contributed by atoms with Crippen molar-refractivity contribution in [2.45, 2.75) is 89.5 Å². The topological polar surface area (TPSA) is 0 Å². The number of hydrogen-bond donors (Lipinski definition) is 0. The van der Waals surface area contributed by atoms with E-state index in [2.05, 4.69) is 110 Å². The summed E-state index contributed by atoms with van der Waals surface area (Å²) in [5.41, 5.74) is 11.3. The second kappa shape index (κ2) is 10.8. The summed E-state index contributed by atoms with van der Waals surface area (Å²) in [5.74, 6) is 0. The van der Waals surface area contributed by atoms with Crippen molar-refractivity contribution in [1.29, 1.82) is 0 Å². The molecule has 0 bridgehead atoms. The molecule has 2 aliphatic rings. The van der Waals surface area contributed by atoms with Crippen LogP contribution < -0.4 is 0 Å². The summed E-state index contributed by atoms with van der Waals surface area (Å²) < 4.78 is 2.53. The van der Waals surface area contributed by atoms with Gasteiger partial charge in [0.15, 0.2) is 0 Å². The molecule has 2 aliphatic carbocycles. The summed E-state index contributed by atoms with van der Waals surface area (Å²) >= 11 is -1.56. The normalized spacial score (nSPS) is 15.0. The maximum atomic E-state index is 2.61. The van der Waals surface area contributed by atoms with Crippen LogP contribution in [0.15, 0.2) is 58.0 Å². The predicted octanol–water partition coefficient (Wildman–Crippen LogP) is 9.69. The smallest absolute Gasteiger partial charge is 0.147 e. The summed E-state index contributed by atoms with van der Waals surface area (Å²) in [5, 5.41) is 0. The zero-order valence-electron chi connectivity index (χ0n) is 22.4. The van der Waals surface area contributed by atoms with E-state index in [0.717, 1.165) is 0 Å². The summed E-state index contributed by atoms with van der Waals surface area (Å²) in [7, 11) is 0. The molecular formula is C30H42Cl2SiTi. The van der Waals surface area contributed by atoms with Gasteiger partial charge in [-0.05, 0) is 0 Å². The summed E-state index contributed by atoms with van der Waals surface area (Å²) in [4.78, 5) is 0. The zero-order chi connectivity index (χ0) is 23.4. The number of halogens is 2. The van der Waals surface area contributed by atoms with E-state index in [-0.39, 0.29) is 35.6 Å². The van der Waals surface area contributed by atoms with Crippen LogP contribution in [0.2, 0.25) is 13.1 Å². The van der Waals surface area contributed by atoms with Gasteiger partial charge in [-0.3, -0.25) is 0 Å². The summed E-state index contributed by atoms with van der Waals surface area (Å²) in [6, 6.07) is 14.9. The molecule has 184 valence electrons. The van der Waals surface area contributed by atoms with Crippen molar-refractivity contribution in [3.63, 3.8) is 0 Å². The third-order valence-corrected chi connectivity index (χ3v) is 19.6. The molecule has 0 unspecified atom stereocenters. The molecule has 4 rings (SSSR count). The minimum Gasteiger partial charge on any atom is -0.147 e. The molecule has 0 saturated carbocycles. The fourth-order valence-corrected chi connectivity index (χ4v) is 18.2. The van der Waals surface area contributed by atoms with Gasteiger partial charge >= 0.3 is 204 Å². The van der Waals surface area contributed by atoms with E-state index in [0.29, 0.717) is 4.22 Å². The number of allylic oxidation sites excluding steroid dienone is 4. The van der Waals surface area contributed by atoms with Crippen LogP contribution in [0, 0.1) is 0 Å². The van der Waals surface area contributed by atoms with Gasteiger partial charge in [0, 0.05) is 0 Å². The molecule has 0 amide bonds. The van der Waals surface area contributed by atoms with E-state index in [9.17, 15) is 0 Å². The number of fused-ring (bicyclic) bond motifs is 3. The third kappa shape index (κ3) is 5.40. The molecule has 0 fully saturated rings. The van der Waals surface area contributed by atoms with Crippen molar-refractivity contribution < 1.29 is 16.6 Å². The van der Waals surface area contributed by atoms with Gasteiger partial charge in [-0.15, -0.1) is 24.8 Å². The first-order valence-corrected chi connectivity index (χ1v) is 18.8. The molecule has 0 atom stereocenters. The van der Waals surface area contributed by atoms with Gasteiger partial charge in [0.1, 0.15) is 0 Å². The van der Waals surface area contributed by atoms with Crippen LogP contribution in [0.4, 0.5) is 0 Å². The Morgan fingerprint density at radius 3 is 1.68 bits per heavy atom. The van der Waals surface area contributed by atoms with E-state index in [1.165, 1.54) is 35.1 Å². The fourth-order valence-electron chi connectivity index (χ4n) is 5.43. The Bertz CT molecular complexity index is 1110. The van der Waals surface area contributed by atoms with E-state index < -0.39 is 22.8 Å². The summed E-state index contributed by atoms with van der Waals surface area (Å²) in [6.45, 7) is 21.7. The minimum absolute atomic E-state index is 0. The molecule has 0 radical (unpaired) electrons. The molecule has 2 aromatic carbocycles. The van der Waals surface area contributed by atoms with Gasteiger partial charge in [0.2, 0.25) is 0 Å². The van der Waals surface area contributed by atoms with Crippen LogP contribution >= 0.6 is 24.8 Å².